The van der Waals surface area contributed by atoms with Gasteiger partial charge in [0.25, 0.3) is 0 Å². The fraction of sp³-hybridized carbons (Fsp3) is 0.500. The summed E-state index contributed by atoms with van der Waals surface area (Å²) in [7, 11) is 0. The van der Waals surface area contributed by atoms with Crippen molar-refractivity contribution in [3.05, 3.63) is 65.7 Å². The van der Waals surface area contributed by atoms with Gasteiger partial charge < -0.3 is 9.64 Å². The Kier molecular flexibility index (Phi) is 5.41. The summed E-state index contributed by atoms with van der Waals surface area (Å²) >= 11 is 0. The summed E-state index contributed by atoms with van der Waals surface area (Å²) in [5.41, 5.74) is 1.99. The highest BCUT2D eigenvalue weighted by molar-refractivity contribution is 5.97. The van der Waals surface area contributed by atoms with Gasteiger partial charge in [-0.3, -0.25) is 4.79 Å². The minimum absolute atomic E-state index is 0.0338. The van der Waals surface area contributed by atoms with Crippen LogP contribution in [0.15, 0.2) is 54.6 Å². The van der Waals surface area contributed by atoms with E-state index in [4.69, 9.17) is 4.74 Å². The van der Waals surface area contributed by atoms with Crippen LogP contribution in [0, 0.1) is 11.8 Å². The number of carbonyl (C=O) groups excluding carboxylic acids is 1. The minimum Gasteiger partial charge on any atom is -0.485 e. The van der Waals surface area contributed by atoms with Gasteiger partial charge in [-0.05, 0) is 74.6 Å². The second kappa shape index (κ2) is 8.31. The molecule has 1 aliphatic heterocycles. The minimum atomic E-state index is 0.0338. The van der Waals surface area contributed by atoms with E-state index in [9.17, 15) is 4.79 Å². The highest BCUT2D eigenvalue weighted by Gasteiger charge is 2.43. The van der Waals surface area contributed by atoms with Crippen molar-refractivity contribution in [3.8, 4) is 5.75 Å². The number of nitrogens with zero attached hydrogens (tertiary/aromatic N) is 1. The third-order valence-electron chi connectivity index (χ3n) is 7.51. The molecule has 3 nitrogen and oxygen atoms in total. The smallest absolute Gasteiger partial charge is 0.200 e. The van der Waals surface area contributed by atoms with Crippen molar-refractivity contribution in [2.45, 2.75) is 50.5 Å². The molecule has 2 aromatic rings. The Balaban J connectivity index is 1.20. The molecule has 1 saturated heterocycles. The molecule has 1 heterocycles. The standard InChI is InChI=1S/C26H31NO2/c28-25(21-6-2-1-3-7-21)18-29-26-9-5-4-8-23(26)20-12-14-27(15-13-20)24-17-19-10-11-22(24)16-19/h1-9,19-20,22,24H,10-18H2/t19?,22?,24-/m0/s1. The zero-order valence-corrected chi connectivity index (χ0v) is 17.1. The zero-order valence-electron chi connectivity index (χ0n) is 17.1. The second-order valence-corrected chi connectivity index (χ2v) is 9.17. The quantitative estimate of drug-likeness (QED) is 0.627. The summed E-state index contributed by atoms with van der Waals surface area (Å²) in [5, 5.41) is 0. The van der Waals surface area contributed by atoms with Crippen LogP contribution in [0.2, 0.25) is 0 Å². The average Bonchev–Trinajstić information content (AvgIpc) is 3.42. The lowest BCUT2D eigenvalue weighted by atomic mass is 9.86. The number of ketones is 1. The van der Waals surface area contributed by atoms with Crippen LogP contribution in [0.4, 0.5) is 0 Å². The summed E-state index contributed by atoms with van der Waals surface area (Å²) in [6, 6.07) is 18.6. The average molecular weight is 390 g/mol. The van der Waals surface area contributed by atoms with E-state index in [2.05, 4.69) is 17.0 Å². The van der Waals surface area contributed by atoms with Crippen molar-refractivity contribution in [1.82, 2.24) is 4.90 Å². The Morgan fingerprint density at radius 3 is 2.38 bits per heavy atom. The molecule has 2 bridgehead atoms. The van der Waals surface area contributed by atoms with Crippen molar-refractivity contribution >= 4 is 5.78 Å². The first kappa shape index (κ1) is 18.9. The van der Waals surface area contributed by atoms with E-state index < -0.39 is 0 Å². The van der Waals surface area contributed by atoms with E-state index in [-0.39, 0.29) is 12.4 Å². The van der Waals surface area contributed by atoms with Gasteiger partial charge in [0, 0.05) is 11.6 Å². The van der Waals surface area contributed by atoms with Crippen LogP contribution >= 0.6 is 0 Å². The molecule has 29 heavy (non-hydrogen) atoms. The third-order valence-corrected chi connectivity index (χ3v) is 7.51. The van der Waals surface area contributed by atoms with Gasteiger partial charge in [0.05, 0.1) is 0 Å². The number of Topliss-reactive ketones (excluding diaryl/α,β-unsaturated/α-hetero) is 1. The fourth-order valence-corrected chi connectivity index (χ4v) is 6.00. The second-order valence-electron chi connectivity index (χ2n) is 9.17. The number of fused-ring (bicyclic) bond motifs is 2. The summed E-state index contributed by atoms with van der Waals surface area (Å²) in [5.74, 6) is 3.43. The molecule has 0 amide bonds. The zero-order chi connectivity index (χ0) is 19.6. The van der Waals surface area contributed by atoms with Crippen LogP contribution in [-0.2, 0) is 0 Å². The Bertz CT molecular complexity index is 841. The van der Waals surface area contributed by atoms with Crippen LogP contribution in [0.25, 0.3) is 0 Å². The van der Waals surface area contributed by atoms with Crippen LogP contribution in [0.1, 0.15) is 60.4 Å². The molecular weight excluding hydrogens is 358 g/mol. The first-order valence-electron chi connectivity index (χ1n) is 11.3. The molecule has 0 spiro atoms. The molecule has 2 saturated carbocycles. The number of likely N-dealkylation sites (tertiary alicyclic amines) is 1. The number of rotatable bonds is 6. The number of hydrogen-bond acceptors (Lipinski definition) is 3. The van der Waals surface area contributed by atoms with Crippen molar-refractivity contribution < 1.29 is 9.53 Å². The van der Waals surface area contributed by atoms with Gasteiger partial charge in [0.1, 0.15) is 5.75 Å². The molecule has 3 heteroatoms. The molecule has 3 aliphatic rings. The van der Waals surface area contributed by atoms with E-state index in [1.54, 1.807) is 0 Å². The fourth-order valence-electron chi connectivity index (χ4n) is 6.00. The molecule has 5 rings (SSSR count). The molecule has 0 aromatic heterocycles. The normalized spacial score (nSPS) is 27.2. The SMILES string of the molecule is O=C(COc1ccccc1C1CCN([C@H]2CC3CCC2C3)CC1)c1ccccc1. The predicted octanol–water partition coefficient (Wildman–Crippen LogP) is 5.32. The van der Waals surface area contributed by atoms with E-state index in [1.165, 1.54) is 57.2 Å². The van der Waals surface area contributed by atoms with E-state index in [0.29, 0.717) is 11.5 Å². The first-order chi connectivity index (χ1) is 14.3. The van der Waals surface area contributed by atoms with Gasteiger partial charge in [0.2, 0.25) is 0 Å². The van der Waals surface area contributed by atoms with Gasteiger partial charge in [-0.25, -0.2) is 0 Å². The van der Waals surface area contributed by atoms with Gasteiger partial charge in [-0.1, -0.05) is 55.0 Å². The molecule has 2 aliphatic carbocycles. The van der Waals surface area contributed by atoms with Crippen LogP contribution in [-0.4, -0.2) is 36.4 Å². The summed E-state index contributed by atoms with van der Waals surface area (Å²) in [6.07, 6.45) is 8.25. The first-order valence-corrected chi connectivity index (χ1v) is 11.3. The molecule has 152 valence electrons. The van der Waals surface area contributed by atoms with Crippen LogP contribution in [0.5, 0.6) is 5.75 Å². The molecule has 3 atom stereocenters. The third kappa shape index (κ3) is 3.98. The number of hydrogen-bond donors (Lipinski definition) is 0. The van der Waals surface area contributed by atoms with Gasteiger partial charge >= 0.3 is 0 Å². The van der Waals surface area contributed by atoms with Crippen molar-refractivity contribution in [1.29, 1.82) is 0 Å². The Labute approximate surface area is 174 Å². The molecule has 3 fully saturated rings. The van der Waals surface area contributed by atoms with Crippen LogP contribution in [0.3, 0.4) is 0 Å². The Morgan fingerprint density at radius 1 is 0.897 bits per heavy atom. The lowest BCUT2D eigenvalue weighted by molar-refractivity contribution is 0.0917. The number of carbonyl (C=O) groups is 1. The van der Waals surface area contributed by atoms with Crippen molar-refractivity contribution in [3.63, 3.8) is 0 Å². The van der Waals surface area contributed by atoms with E-state index in [0.717, 1.165) is 23.6 Å². The molecular formula is C26H31NO2. The Morgan fingerprint density at radius 2 is 1.66 bits per heavy atom. The summed E-state index contributed by atoms with van der Waals surface area (Å²) in [6.45, 7) is 2.51. The number of ether oxygens (including phenoxy) is 1. The number of para-hydroxylation sites is 1. The maximum absolute atomic E-state index is 12.4. The predicted molar refractivity (Wildman–Crippen MR) is 115 cm³/mol. The number of benzene rings is 2. The summed E-state index contributed by atoms with van der Waals surface area (Å²) < 4.78 is 6.01. The maximum Gasteiger partial charge on any atom is 0.200 e. The topological polar surface area (TPSA) is 29.5 Å². The highest BCUT2D eigenvalue weighted by atomic mass is 16.5. The largest absolute Gasteiger partial charge is 0.485 e. The number of piperidine rings is 1. The molecule has 0 N–H and O–H groups in total. The van der Waals surface area contributed by atoms with Gasteiger partial charge in [-0.15, -0.1) is 0 Å². The monoisotopic (exact) mass is 389 g/mol. The highest BCUT2D eigenvalue weighted by Crippen LogP contribution is 2.47. The molecule has 0 radical (unpaired) electrons. The summed E-state index contributed by atoms with van der Waals surface area (Å²) in [4.78, 5) is 15.2. The van der Waals surface area contributed by atoms with Gasteiger partial charge in [0.15, 0.2) is 12.4 Å². The lowest BCUT2D eigenvalue weighted by Crippen LogP contribution is -2.43. The molecule has 2 unspecified atom stereocenters. The van der Waals surface area contributed by atoms with E-state index in [1.807, 2.05) is 42.5 Å². The lowest BCUT2D eigenvalue weighted by Gasteiger charge is -2.40. The van der Waals surface area contributed by atoms with E-state index >= 15 is 0 Å². The maximum atomic E-state index is 12.4. The van der Waals surface area contributed by atoms with Gasteiger partial charge in [-0.2, -0.15) is 0 Å². The van der Waals surface area contributed by atoms with Crippen LogP contribution < -0.4 is 4.74 Å². The van der Waals surface area contributed by atoms with Crippen molar-refractivity contribution in [2.24, 2.45) is 11.8 Å². The molecule has 2 aromatic carbocycles. The van der Waals surface area contributed by atoms with Crippen molar-refractivity contribution in [2.75, 3.05) is 19.7 Å². The Hall–Kier alpha value is -2.13.